The lowest BCUT2D eigenvalue weighted by Gasteiger charge is -2.10. The molecule has 0 bridgehead atoms. The van der Waals surface area contributed by atoms with Crippen LogP contribution in [0.1, 0.15) is 48.1 Å². The van der Waals surface area contributed by atoms with Gasteiger partial charge in [-0.1, -0.05) is 31.9 Å². The van der Waals surface area contributed by atoms with Crippen LogP contribution in [0.15, 0.2) is 29.3 Å². The Bertz CT molecular complexity index is 419. The molecule has 1 aromatic carbocycles. The number of benzene rings is 1. The first-order valence-electron chi connectivity index (χ1n) is 5.59. The van der Waals surface area contributed by atoms with Crippen molar-refractivity contribution in [3.05, 3.63) is 35.4 Å². The molecule has 0 spiro atoms. The average molecular weight is 233 g/mol. The van der Waals surface area contributed by atoms with Gasteiger partial charge in [0.2, 0.25) is 6.08 Å². The normalized spacial score (nSPS) is 11.6. The molecule has 0 heterocycles. The summed E-state index contributed by atoms with van der Waals surface area (Å²) in [4.78, 5) is 24.8. The number of hydrogen-bond acceptors (Lipinski definition) is 3. The Hall–Kier alpha value is -1.93. The summed E-state index contributed by atoms with van der Waals surface area (Å²) in [6.45, 7) is 2.06. The lowest BCUT2D eigenvalue weighted by molar-refractivity contribution is 0.0697. The summed E-state index contributed by atoms with van der Waals surface area (Å²) in [6, 6.07) is 6.23. The van der Waals surface area contributed by atoms with Gasteiger partial charge in [-0.25, -0.2) is 9.59 Å². The molecule has 0 unspecified atom stereocenters. The molecule has 17 heavy (non-hydrogen) atoms. The Morgan fingerprint density at radius 2 is 2.06 bits per heavy atom. The van der Waals surface area contributed by atoms with Gasteiger partial charge >= 0.3 is 5.97 Å². The summed E-state index contributed by atoms with van der Waals surface area (Å²) in [5.74, 6) is -0.958. The second-order valence-corrected chi connectivity index (χ2v) is 3.81. The molecular weight excluding hydrogens is 218 g/mol. The summed E-state index contributed by atoms with van der Waals surface area (Å²) in [5.41, 5.74) is 1.09. The smallest absolute Gasteiger partial charge is 0.335 e. The zero-order valence-electron chi connectivity index (χ0n) is 9.72. The number of carboxylic acid groups (broad SMARTS) is 1. The number of hydrogen-bond donors (Lipinski definition) is 1. The van der Waals surface area contributed by atoms with Gasteiger partial charge in [0.05, 0.1) is 11.6 Å². The minimum absolute atomic E-state index is 0.213. The predicted molar refractivity (Wildman–Crippen MR) is 63.8 cm³/mol. The van der Waals surface area contributed by atoms with Gasteiger partial charge in [-0.2, -0.15) is 4.99 Å². The molecule has 1 aromatic rings. The van der Waals surface area contributed by atoms with E-state index in [0.29, 0.717) is 0 Å². The van der Waals surface area contributed by atoms with Crippen molar-refractivity contribution in [3.8, 4) is 0 Å². The molecule has 0 amide bonds. The van der Waals surface area contributed by atoms with E-state index in [-0.39, 0.29) is 11.6 Å². The minimum Gasteiger partial charge on any atom is -0.478 e. The number of nitrogens with zero attached hydrogens (tertiary/aromatic N) is 1. The Kier molecular flexibility index (Phi) is 5.11. The van der Waals surface area contributed by atoms with E-state index in [9.17, 15) is 9.59 Å². The standard InChI is InChI=1S/C13H15NO3/c1-2-3-4-12(14-9-15)10-5-7-11(8-6-10)13(16)17/h5-8,12H,2-4H2,1H3,(H,16,17)/t12-/m1/s1. The van der Waals surface area contributed by atoms with Crippen molar-refractivity contribution in [2.45, 2.75) is 32.2 Å². The Labute approximate surface area is 100.0 Å². The Morgan fingerprint density at radius 1 is 1.41 bits per heavy atom. The van der Waals surface area contributed by atoms with Gasteiger partial charge in [-0.3, -0.25) is 0 Å². The van der Waals surface area contributed by atoms with Gasteiger partial charge in [-0.05, 0) is 24.1 Å². The van der Waals surface area contributed by atoms with Crippen LogP contribution < -0.4 is 0 Å². The van der Waals surface area contributed by atoms with E-state index < -0.39 is 5.97 Å². The third-order valence-electron chi connectivity index (χ3n) is 2.58. The quantitative estimate of drug-likeness (QED) is 0.606. The van der Waals surface area contributed by atoms with Crippen LogP contribution in [0, 0.1) is 0 Å². The van der Waals surface area contributed by atoms with Crippen molar-refractivity contribution >= 4 is 12.0 Å². The molecule has 0 fully saturated rings. The van der Waals surface area contributed by atoms with Crippen molar-refractivity contribution in [2.24, 2.45) is 4.99 Å². The molecule has 1 N–H and O–H groups in total. The lowest BCUT2D eigenvalue weighted by atomic mass is 10.0. The number of unbranched alkanes of at least 4 members (excludes halogenated alkanes) is 1. The van der Waals surface area contributed by atoms with Gasteiger partial charge in [0, 0.05) is 0 Å². The highest BCUT2D eigenvalue weighted by Gasteiger charge is 2.10. The maximum Gasteiger partial charge on any atom is 0.335 e. The van der Waals surface area contributed by atoms with Crippen molar-refractivity contribution < 1.29 is 14.7 Å². The third kappa shape index (κ3) is 3.85. The number of aliphatic imine (C=N–C) groups is 1. The van der Waals surface area contributed by atoms with Crippen LogP contribution in [-0.4, -0.2) is 17.2 Å². The molecule has 0 aliphatic rings. The first kappa shape index (κ1) is 13.1. The molecule has 0 aromatic heterocycles. The molecule has 0 aliphatic heterocycles. The van der Waals surface area contributed by atoms with E-state index >= 15 is 0 Å². The maximum atomic E-state index is 10.7. The van der Waals surface area contributed by atoms with Crippen LogP contribution in [0.2, 0.25) is 0 Å². The van der Waals surface area contributed by atoms with Crippen molar-refractivity contribution in [3.63, 3.8) is 0 Å². The van der Waals surface area contributed by atoms with Crippen LogP contribution in [0.3, 0.4) is 0 Å². The predicted octanol–water partition coefficient (Wildman–Crippen LogP) is 2.95. The van der Waals surface area contributed by atoms with E-state index in [1.54, 1.807) is 18.2 Å². The van der Waals surface area contributed by atoms with Gasteiger partial charge in [0.1, 0.15) is 0 Å². The molecule has 0 radical (unpaired) electrons. The number of isocyanates is 1. The molecule has 0 aliphatic carbocycles. The molecular formula is C13H15NO3. The number of rotatable bonds is 6. The van der Waals surface area contributed by atoms with Crippen LogP contribution in [-0.2, 0) is 4.79 Å². The van der Waals surface area contributed by atoms with Gasteiger partial charge in [0.15, 0.2) is 0 Å². The lowest BCUT2D eigenvalue weighted by Crippen LogP contribution is -1.99. The molecule has 90 valence electrons. The summed E-state index contributed by atoms with van der Waals surface area (Å²) >= 11 is 0. The fourth-order valence-electron chi connectivity index (χ4n) is 1.61. The second-order valence-electron chi connectivity index (χ2n) is 3.81. The molecule has 0 saturated heterocycles. The third-order valence-corrected chi connectivity index (χ3v) is 2.58. The van der Waals surface area contributed by atoms with Crippen LogP contribution >= 0.6 is 0 Å². The fourth-order valence-corrected chi connectivity index (χ4v) is 1.61. The van der Waals surface area contributed by atoms with Crippen molar-refractivity contribution in [2.75, 3.05) is 0 Å². The highest BCUT2D eigenvalue weighted by Crippen LogP contribution is 2.23. The summed E-state index contributed by atoms with van der Waals surface area (Å²) in [7, 11) is 0. The van der Waals surface area contributed by atoms with Gasteiger partial charge in [-0.15, -0.1) is 0 Å². The zero-order chi connectivity index (χ0) is 12.7. The zero-order valence-corrected chi connectivity index (χ0v) is 9.72. The monoisotopic (exact) mass is 233 g/mol. The Morgan fingerprint density at radius 3 is 2.53 bits per heavy atom. The van der Waals surface area contributed by atoms with Gasteiger partial charge < -0.3 is 5.11 Å². The molecule has 1 atom stereocenters. The first-order valence-corrected chi connectivity index (χ1v) is 5.59. The largest absolute Gasteiger partial charge is 0.478 e. The van der Waals surface area contributed by atoms with Crippen molar-refractivity contribution in [1.29, 1.82) is 0 Å². The van der Waals surface area contributed by atoms with Crippen LogP contribution in [0.5, 0.6) is 0 Å². The average Bonchev–Trinajstić information content (AvgIpc) is 2.34. The van der Waals surface area contributed by atoms with E-state index in [1.807, 2.05) is 0 Å². The SMILES string of the molecule is CCCC[C@@H](N=C=O)c1ccc(C(=O)O)cc1. The fraction of sp³-hybridized carbons (Fsp3) is 0.385. The molecule has 0 saturated carbocycles. The second kappa shape index (κ2) is 6.61. The number of carbonyl (C=O) groups excluding carboxylic acids is 1. The van der Waals surface area contributed by atoms with Crippen molar-refractivity contribution in [1.82, 2.24) is 0 Å². The number of carbonyl (C=O) groups is 1. The minimum atomic E-state index is -0.958. The van der Waals surface area contributed by atoms with E-state index in [2.05, 4.69) is 11.9 Å². The van der Waals surface area contributed by atoms with Crippen LogP contribution in [0.4, 0.5) is 0 Å². The highest BCUT2D eigenvalue weighted by atomic mass is 16.4. The van der Waals surface area contributed by atoms with E-state index in [4.69, 9.17) is 5.11 Å². The van der Waals surface area contributed by atoms with Crippen LogP contribution in [0.25, 0.3) is 0 Å². The summed E-state index contributed by atoms with van der Waals surface area (Å²) in [5, 5.41) is 8.77. The van der Waals surface area contributed by atoms with E-state index in [0.717, 1.165) is 24.8 Å². The topological polar surface area (TPSA) is 66.7 Å². The number of aromatic carboxylic acids is 1. The molecule has 4 heteroatoms. The first-order chi connectivity index (χ1) is 8.19. The summed E-state index contributed by atoms with van der Waals surface area (Å²) < 4.78 is 0. The Balaban J connectivity index is 2.86. The molecule has 1 rings (SSSR count). The van der Waals surface area contributed by atoms with E-state index in [1.165, 1.54) is 12.1 Å². The summed E-state index contributed by atoms with van der Waals surface area (Å²) in [6.07, 6.45) is 4.34. The van der Waals surface area contributed by atoms with Gasteiger partial charge in [0.25, 0.3) is 0 Å². The molecule has 4 nitrogen and oxygen atoms in total. The highest BCUT2D eigenvalue weighted by molar-refractivity contribution is 5.87. The maximum absolute atomic E-state index is 10.7. The number of carboxylic acids is 1.